The van der Waals surface area contributed by atoms with Crippen LogP contribution in [0.4, 0.5) is 5.69 Å². The lowest BCUT2D eigenvalue weighted by molar-refractivity contribution is 0.558. The standard InChI is InChI=1S/C14H19ClN2/c1-10-7-8-12(9-13(10)15)16-17-14-6-4-3-5-11(14)2/h7-9,11,16H,3-6H2,1-2H3/b17-14-/t11-/m0/s1. The average molecular weight is 251 g/mol. The van der Waals surface area contributed by atoms with Crippen LogP contribution in [0.3, 0.4) is 0 Å². The van der Waals surface area contributed by atoms with Gasteiger partial charge in [0.25, 0.3) is 0 Å². The van der Waals surface area contributed by atoms with Crippen molar-refractivity contribution < 1.29 is 0 Å². The van der Waals surface area contributed by atoms with Crippen LogP contribution in [0.5, 0.6) is 0 Å². The molecule has 0 spiro atoms. The summed E-state index contributed by atoms with van der Waals surface area (Å²) in [4.78, 5) is 0. The van der Waals surface area contributed by atoms with Gasteiger partial charge in [0.1, 0.15) is 0 Å². The molecule has 1 aliphatic carbocycles. The first kappa shape index (κ1) is 12.4. The van der Waals surface area contributed by atoms with E-state index in [0.29, 0.717) is 5.92 Å². The maximum absolute atomic E-state index is 6.08. The normalized spacial score (nSPS) is 22.8. The van der Waals surface area contributed by atoms with Gasteiger partial charge in [-0.3, -0.25) is 5.43 Å². The fourth-order valence-corrected chi connectivity index (χ4v) is 2.32. The maximum Gasteiger partial charge on any atom is 0.0576 e. The van der Waals surface area contributed by atoms with E-state index in [4.69, 9.17) is 11.6 Å². The van der Waals surface area contributed by atoms with Crippen molar-refractivity contribution in [3.8, 4) is 0 Å². The van der Waals surface area contributed by atoms with E-state index in [1.807, 2.05) is 25.1 Å². The molecule has 3 heteroatoms. The third kappa shape index (κ3) is 3.22. The van der Waals surface area contributed by atoms with E-state index in [2.05, 4.69) is 17.5 Å². The topological polar surface area (TPSA) is 24.4 Å². The number of nitrogens with one attached hydrogen (secondary N) is 1. The number of nitrogens with zero attached hydrogens (tertiary/aromatic N) is 1. The highest BCUT2D eigenvalue weighted by Gasteiger charge is 2.15. The first-order chi connectivity index (χ1) is 8.16. The number of halogens is 1. The Labute approximate surface area is 108 Å². The Hall–Kier alpha value is -1.02. The van der Waals surface area contributed by atoms with E-state index in [1.54, 1.807) is 0 Å². The zero-order valence-electron chi connectivity index (χ0n) is 10.5. The first-order valence-electron chi connectivity index (χ1n) is 6.25. The lowest BCUT2D eigenvalue weighted by Crippen LogP contribution is -2.17. The zero-order valence-corrected chi connectivity index (χ0v) is 11.2. The molecule has 1 fully saturated rings. The Kier molecular flexibility index (Phi) is 4.06. The van der Waals surface area contributed by atoms with E-state index in [0.717, 1.165) is 22.7 Å². The van der Waals surface area contributed by atoms with Crippen LogP contribution in [0, 0.1) is 12.8 Å². The van der Waals surface area contributed by atoms with Crippen molar-refractivity contribution in [1.82, 2.24) is 0 Å². The molecule has 1 aromatic carbocycles. The van der Waals surface area contributed by atoms with Crippen molar-refractivity contribution in [2.45, 2.75) is 39.5 Å². The predicted octanol–water partition coefficient (Wildman–Crippen LogP) is 4.63. The van der Waals surface area contributed by atoms with E-state index in [-0.39, 0.29) is 0 Å². The molecule has 1 saturated carbocycles. The van der Waals surface area contributed by atoms with Crippen LogP contribution >= 0.6 is 11.6 Å². The minimum absolute atomic E-state index is 0.608. The number of anilines is 1. The van der Waals surface area contributed by atoms with E-state index >= 15 is 0 Å². The lowest BCUT2D eigenvalue weighted by atomic mass is 9.89. The van der Waals surface area contributed by atoms with Gasteiger partial charge in [-0.25, -0.2) is 0 Å². The summed E-state index contributed by atoms with van der Waals surface area (Å²) in [5.41, 5.74) is 6.46. The highest BCUT2D eigenvalue weighted by atomic mass is 35.5. The molecule has 1 N–H and O–H groups in total. The minimum atomic E-state index is 0.608. The molecule has 92 valence electrons. The number of benzene rings is 1. The quantitative estimate of drug-likeness (QED) is 0.761. The second-order valence-corrected chi connectivity index (χ2v) is 5.23. The highest BCUT2D eigenvalue weighted by molar-refractivity contribution is 6.31. The summed E-state index contributed by atoms with van der Waals surface area (Å²) in [6.45, 7) is 4.25. The Bertz CT molecular complexity index is 426. The zero-order chi connectivity index (χ0) is 12.3. The average Bonchev–Trinajstić information content (AvgIpc) is 2.32. The predicted molar refractivity (Wildman–Crippen MR) is 74.9 cm³/mol. The molecule has 1 aromatic rings. The van der Waals surface area contributed by atoms with Crippen LogP contribution in [-0.4, -0.2) is 5.71 Å². The van der Waals surface area contributed by atoms with Gasteiger partial charge < -0.3 is 0 Å². The minimum Gasteiger partial charge on any atom is -0.279 e. The summed E-state index contributed by atoms with van der Waals surface area (Å²) in [6, 6.07) is 5.95. The molecule has 0 radical (unpaired) electrons. The van der Waals surface area contributed by atoms with E-state index in [1.165, 1.54) is 25.0 Å². The van der Waals surface area contributed by atoms with Crippen molar-refractivity contribution >= 4 is 23.0 Å². The van der Waals surface area contributed by atoms with Gasteiger partial charge in [0.05, 0.1) is 5.69 Å². The molecule has 1 atom stereocenters. The van der Waals surface area contributed by atoms with Gasteiger partial charge in [-0.1, -0.05) is 31.0 Å². The summed E-state index contributed by atoms with van der Waals surface area (Å²) in [6.07, 6.45) is 4.97. The molecule has 0 amide bonds. The second kappa shape index (κ2) is 5.54. The first-order valence-corrected chi connectivity index (χ1v) is 6.63. The van der Waals surface area contributed by atoms with Crippen molar-refractivity contribution in [1.29, 1.82) is 0 Å². The smallest absolute Gasteiger partial charge is 0.0576 e. The Balaban J connectivity index is 2.05. The van der Waals surface area contributed by atoms with Crippen LogP contribution in [0.2, 0.25) is 5.02 Å². The molecule has 0 aromatic heterocycles. The fraction of sp³-hybridized carbons (Fsp3) is 0.500. The fourth-order valence-electron chi connectivity index (χ4n) is 2.13. The van der Waals surface area contributed by atoms with Gasteiger partial charge in [0.15, 0.2) is 0 Å². The number of hydrogen-bond acceptors (Lipinski definition) is 2. The monoisotopic (exact) mass is 250 g/mol. The SMILES string of the molecule is Cc1ccc(N/N=C2/CCCC[C@@H]2C)cc1Cl. The molecule has 2 rings (SSSR count). The summed E-state index contributed by atoms with van der Waals surface area (Å²) >= 11 is 6.08. The second-order valence-electron chi connectivity index (χ2n) is 4.83. The summed E-state index contributed by atoms with van der Waals surface area (Å²) < 4.78 is 0. The molecule has 17 heavy (non-hydrogen) atoms. The van der Waals surface area contributed by atoms with Crippen LogP contribution in [0.1, 0.15) is 38.2 Å². The van der Waals surface area contributed by atoms with Crippen LogP contribution < -0.4 is 5.43 Å². The number of hydrazone groups is 1. The largest absolute Gasteiger partial charge is 0.279 e. The Morgan fingerprint density at radius 1 is 1.35 bits per heavy atom. The van der Waals surface area contributed by atoms with Crippen LogP contribution in [0.25, 0.3) is 0 Å². The molecule has 0 aliphatic heterocycles. The van der Waals surface area contributed by atoms with Gasteiger partial charge in [-0.2, -0.15) is 5.10 Å². The van der Waals surface area contributed by atoms with Gasteiger partial charge in [-0.15, -0.1) is 0 Å². The molecule has 0 bridgehead atoms. The van der Waals surface area contributed by atoms with E-state index in [9.17, 15) is 0 Å². The van der Waals surface area contributed by atoms with Gasteiger partial charge in [-0.05, 0) is 49.8 Å². The Morgan fingerprint density at radius 2 is 2.18 bits per heavy atom. The summed E-state index contributed by atoms with van der Waals surface area (Å²) in [5, 5.41) is 5.30. The maximum atomic E-state index is 6.08. The molecular formula is C14H19ClN2. The van der Waals surface area contributed by atoms with Gasteiger partial charge in [0, 0.05) is 10.7 Å². The van der Waals surface area contributed by atoms with Crippen LogP contribution in [0.15, 0.2) is 23.3 Å². The number of rotatable bonds is 2. The van der Waals surface area contributed by atoms with Crippen molar-refractivity contribution in [2.75, 3.05) is 5.43 Å². The number of aryl methyl sites for hydroxylation is 1. The van der Waals surface area contributed by atoms with Crippen molar-refractivity contribution in [3.63, 3.8) is 0 Å². The lowest BCUT2D eigenvalue weighted by Gasteiger charge is -2.20. The third-order valence-corrected chi connectivity index (χ3v) is 3.80. The molecule has 0 saturated heterocycles. The highest BCUT2D eigenvalue weighted by Crippen LogP contribution is 2.23. The summed E-state index contributed by atoms with van der Waals surface area (Å²) in [5.74, 6) is 0.608. The molecule has 0 unspecified atom stereocenters. The van der Waals surface area contributed by atoms with Gasteiger partial charge >= 0.3 is 0 Å². The van der Waals surface area contributed by atoms with E-state index < -0.39 is 0 Å². The van der Waals surface area contributed by atoms with Crippen molar-refractivity contribution in [3.05, 3.63) is 28.8 Å². The molecule has 1 aliphatic rings. The summed E-state index contributed by atoms with van der Waals surface area (Å²) in [7, 11) is 0. The van der Waals surface area contributed by atoms with Crippen molar-refractivity contribution in [2.24, 2.45) is 11.0 Å². The number of hydrogen-bond donors (Lipinski definition) is 1. The Morgan fingerprint density at radius 3 is 2.88 bits per heavy atom. The van der Waals surface area contributed by atoms with Crippen LogP contribution in [-0.2, 0) is 0 Å². The molecular weight excluding hydrogens is 232 g/mol. The van der Waals surface area contributed by atoms with Gasteiger partial charge in [0.2, 0.25) is 0 Å². The molecule has 2 nitrogen and oxygen atoms in total. The third-order valence-electron chi connectivity index (χ3n) is 3.39. The molecule has 0 heterocycles.